The number of carbonyl (C=O) groups excluding carboxylic acids is 3. The second-order valence-electron chi connectivity index (χ2n) is 9.90. The molecule has 0 N–H and O–H groups in total. The molecular formula is C25H34N4O3. The Morgan fingerprint density at radius 3 is 2.34 bits per heavy atom. The minimum absolute atomic E-state index is 0.00157. The Bertz CT molecular complexity index is 902. The van der Waals surface area contributed by atoms with Crippen LogP contribution >= 0.6 is 0 Å². The Morgan fingerprint density at radius 2 is 1.59 bits per heavy atom. The Hall–Kier alpha value is -2.57. The van der Waals surface area contributed by atoms with Crippen molar-refractivity contribution in [2.75, 3.05) is 49.1 Å². The lowest BCUT2D eigenvalue weighted by Crippen LogP contribution is -2.57. The lowest BCUT2D eigenvalue weighted by Gasteiger charge is -2.45. The van der Waals surface area contributed by atoms with Gasteiger partial charge in [0.25, 0.3) is 5.91 Å². The van der Waals surface area contributed by atoms with Crippen molar-refractivity contribution in [3.05, 3.63) is 23.8 Å². The summed E-state index contributed by atoms with van der Waals surface area (Å²) in [5.74, 6) is 0.680. The van der Waals surface area contributed by atoms with E-state index in [0.29, 0.717) is 11.5 Å². The third-order valence-electron chi connectivity index (χ3n) is 7.70. The second-order valence-corrected chi connectivity index (χ2v) is 9.90. The van der Waals surface area contributed by atoms with E-state index >= 15 is 0 Å². The second kappa shape index (κ2) is 8.75. The van der Waals surface area contributed by atoms with Gasteiger partial charge in [0, 0.05) is 38.3 Å². The van der Waals surface area contributed by atoms with Crippen LogP contribution in [0.3, 0.4) is 0 Å². The van der Waals surface area contributed by atoms with Gasteiger partial charge in [-0.25, -0.2) is 0 Å². The van der Waals surface area contributed by atoms with Crippen LogP contribution in [-0.4, -0.2) is 72.8 Å². The number of benzene rings is 1. The zero-order valence-electron chi connectivity index (χ0n) is 19.1. The van der Waals surface area contributed by atoms with Gasteiger partial charge in [-0.15, -0.1) is 0 Å². The van der Waals surface area contributed by atoms with Crippen LogP contribution in [0.5, 0.6) is 0 Å². The maximum absolute atomic E-state index is 13.5. The third-order valence-corrected chi connectivity index (χ3v) is 7.70. The molecule has 0 aliphatic carbocycles. The molecule has 32 heavy (non-hydrogen) atoms. The molecule has 172 valence electrons. The fourth-order valence-corrected chi connectivity index (χ4v) is 5.65. The normalized spacial score (nSPS) is 23.9. The highest BCUT2D eigenvalue weighted by molar-refractivity contribution is 6.09. The summed E-state index contributed by atoms with van der Waals surface area (Å²) in [5, 5.41) is 0. The fraction of sp³-hybridized carbons (Fsp3) is 0.640. The number of carbonyl (C=O) groups is 3. The zero-order chi connectivity index (χ0) is 22.2. The summed E-state index contributed by atoms with van der Waals surface area (Å²) in [7, 11) is 0. The van der Waals surface area contributed by atoms with Crippen molar-refractivity contribution in [1.82, 2.24) is 9.80 Å². The number of likely N-dealkylation sites (tertiary alicyclic amines) is 2. The Morgan fingerprint density at radius 1 is 0.875 bits per heavy atom. The van der Waals surface area contributed by atoms with Crippen molar-refractivity contribution in [2.24, 2.45) is 5.92 Å². The van der Waals surface area contributed by atoms with Crippen molar-refractivity contribution in [3.8, 4) is 0 Å². The quantitative estimate of drug-likeness (QED) is 0.728. The van der Waals surface area contributed by atoms with E-state index in [1.54, 1.807) is 4.90 Å². The molecular weight excluding hydrogens is 404 g/mol. The van der Waals surface area contributed by atoms with E-state index in [1.165, 1.54) is 0 Å². The highest BCUT2D eigenvalue weighted by atomic mass is 16.2. The molecule has 4 aliphatic heterocycles. The van der Waals surface area contributed by atoms with E-state index < -0.39 is 0 Å². The first-order valence-electron chi connectivity index (χ1n) is 12.3. The van der Waals surface area contributed by atoms with E-state index in [4.69, 9.17) is 0 Å². The Balaban J connectivity index is 1.45. The van der Waals surface area contributed by atoms with Crippen LogP contribution in [0, 0.1) is 5.92 Å². The van der Waals surface area contributed by atoms with Gasteiger partial charge in [0.05, 0.1) is 11.4 Å². The lowest BCUT2D eigenvalue weighted by atomic mass is 9.95. The van der Waals surface area contributed by atoms with Crippen LogP contribution < -0.4 is 9.80 Å². The average molecular weight is 439 g/mol. The summed E-state index contributed by atoms with van der Waals surface area (Å²) in [6, 6.07) is 5.53. The van der Waals surface area contributed by atoms with Crippen LogP contribution in [0.15, 0.2) is 18.2 Å². The predicted molar refractivity (Wildman–Crippen MR) is 124 cm³/mol. The van der Waals surface area contributed by atoms with Gasteiger partial charge in [-0.2, -0.15) is 0 Å². The molecule has 4 aliphatic rings. The zero-order valence-corrected chi connectivity index (χ0v) is 19.1. The summed E-state index contributed by atoms with van der Waals surface area (Å²) in [6.45, 7) is 6.23. The molecule has 1 atom stereocenters. The molecule has 0 spiro atoms. The Kier molecular flexibility index (Phi) is 5.82. The first-order chi connectivity index (χ1) is 15.5. The van der Waals surface area contributed by atoms with E-state index in [0.717, 1.165) is 89.0 Å². The average Bonchev–Trinajstić information content (AvgIpc) is 3.36. The molecule has 0 unspecified atom stereocenters. The van der Waals surface area contributed by atoms with Crippen LogP contribution in [0.2, 0.25) is 0 Å². The van der Waals surface area contributed by atoms with Gasteiger partial charge in [-0.05, 0) is 69.1 Å². The van der Waals surface area contributed by atoms with Gasteiger partial charge in [0.2, 0.25) is 11.8 Å². The number of piperidine rings is 2. The number of anilines is 2. The van der Waals surface area contributed by atoms with E-state index in [-0.39, 0.29) is 30.3 Å². The van der Waals surface area contributed by atoms with Gasteiger partial charge in [-0.1, -0.05) is 6.92 Å². The molecule has 3 fully saturated rings. The first-order valence-corrected chi connectivity index (χ1v) is 12.3. The van der Waals surface area contributed by atoms with Gasteiger partial charge in [0.15, 0.2) is 0 Å². The predicted octanol–water partition coefficient (Wildman–Crippen LogP) is 2.89. The van der Waals surface area contributed by atoms with Gasteiger partial charge >= 0.3 is 0 Å². The molecule has 0 bridgehead atoms. The van der Waals surface area contributed by atoms with Gasteiger partial charge in [0.1, 0.15) is 12.6 Å². The molecule has 7 nitrogen and oxygen atoms in total. The monoisotopic (exact) mass is 438 g/mol. The standard InChI is InChI=1S/C25H34N4O3/c1-18-9-14-26(15-10-18)23(30)17-29-22-16-19(24(31)27-11-4-5-12-27)7-8-20(22)28-13-3-2-6-21(28)25(29)32/h7-8,16,18,21H,2-6,9-15,17H2,1H3/t21-/m1/s1. The summed E-state index contributed by atoms with van der Waals surface area (Å²) in [6.07, 6.45) is 7.02. The molecule has 7 heteroatoms. The highest BCUT2D eigenvalue weighted by Crippen LogP contribution is 2.40. The van der Waals surface area contributed by atoms with Crippen LogP contribution in [0.1, 0.15) is 62.2 Å². The first kappa shape index (κ1) is 21.3. The number of rotatable bonds is 3. The lowest BCUT2D eigenvalue weighted by molar-refractivity contribution is -0.133. The number of fused-ring (bicyclic) bond motifs is 3. The summed E-state index contributed by atoms with van der Waals surface area (Å²) in [5.41, 5.74) is 2.31. The van der Waals surface area contributed by atoms with Crippen molar-refractivity contribution in [2.45, 2.75) is 57.9 Å². The molecule has 0 saturated carbocycles. The molecule has 3 amide bonds. The topological polar surface area (TPSA) is 64.2 Å². The maximum atomic E-state index is 13.5. The molecule has 4 heterocycles. The fourth-order valence-electron chi connectivity index (χ4n) is 5.65. The highest BCUT2D eigenvalue weighted by Gasteiger charge is 2.41. The number of hydrogen-bond donors (Lipinski definition) is 0. The van der Waals surface area contributed by atoms with Crippen LogP contribution in [0.4, 0.5) is 11.4 Å². The Labute approximate surface area is 190 Å². The maximum Gasteiger partial charge on any atom is 0.253 e. The SMILES string of the molecule is CC1CCN(C(=O)CN2C(=O)[C@H]3CCCCN3c3ccc(C(=O)N4CCCC4)cc32)CC1. The summed E-state index contributed by atoms with van der Waals surface area (Å²) < 4.78 is 0. The molecule has 5 rings (SSSR count). The minimum Gasteiger partial charge on any atom is -0.358 e. The molecule has 0 aromatic heterocycles. The van der Waals surface area contributed by atoms with Crippen LogP contribution in [-0.2, 0) is 9.59 Å². The molecule has 1 aromatic rings. The third kappa shape index (κ3) is 3.86. The number of nitrogens with zero attached hydrogens (tertiary/aromatic N) is 4. The van der Waals surface area contributed by atoms with Gasteiger partial charge < -0.3 is 14.7 Å². The summed E-state index contributed by atoms with van der Waals surface area (Å²) >= 11 is 0. The van der Waals surface area contributed by atoms with E-state index in [9.17, 15) is 14.4 Å². The van der Waals surface area contributed by atoms with Crippen molar-refractivity contribution >= 4 is 29.1 Å². The smallest absolute Gasteiger partial charge is 0.253 e. The summed E-state index contributed by atoms with van der Waals surface area (Å²) in [4.78, 5) is 47.4. The number of amides is 3. The largest absolute Gasteiger partial charge is 0.358 e. The van der Waals surface area contributed by atoms with E-state index in [2.05, 4.69) is 11.8 Å². The minimum atomic E-state index is -0.203. The molecule has 0 radical (unpaired) electrons. The molecule has 1 aromatic carbocycles. The van der Waals surface area contributed by atoms with Crippen molar-refractivity contribution in [3.63, 3.8) is 0 Å². The van der Waals surface area contributed by atoms with E-state index in [1.807, 2.05) is 28.0 Å². The molecule has 3 saturated heterocycles. The van der Waals surface area contributed by atoms with Crippen LogP contribution in [0.25, 0.3) is 0 Å². The van der Waals surface area contributed by atoms with Crippen molar-refractivity contribution < 1.29 is 14.4 Å². The number of hydrogen-bond acceptors (Lipinski definition) is 4. The van der Waals surface area contributed by atoms with Gasteiger partial charge in [-0.3, -0.25) is 19.3 Å². The van der Waals surface area contributed by atoms with Crippen molar-refractivity contribution in [1.29, 1.82) is 0 Å².